The number of hydrogen-bond donors (Lipinski definition) is 1. The summed E-state index contributed by atoms with van der Waals surface area (Å²) in [5, 5.41) is 0. The molecule has 1 unspecified atom stereocenters. The molecule has 1 fully saturated rings. The van der Waals surface area contributed by atoms with Crippen LogP contribution in [0, 0.1) is 0 Å². The van der Waals surface area contributed by atoms with Crippen LogP contribution in [-0.2, 0) is 17.8 Å². The first-order chi connectivity index (χ1) is 9.71. The van der Waals surface area contributed by atoms with Gasteiger partial charge in [0, 0.05) is 32.7 Å². The first-order valence-corrected chi connectivity index (χ1v) is 7.51. The second-order valence-electron chi connectivity index (χ2n) is 5.61. The molecule has 1 saturated heterocycles. The molecule has 0 aromatic heterocycles. The minimum atomic E-state index is 0.325. The van der Waals surface area contributed by atoms with Crippen molar-refractivity contribution in [2.24, 2.45) is 5.73 Å². The Morgan fingerprint density at radius 1 is 1.40 bits per heavy atom. The van der Waals surface area contributed by atoms with Gasteiger partial charge in [-0.25, -0.2) is 0 Å². The zero-order valence-corrected chi connectivity index (χ0v) is 12.7. The number of nitrogens with zero attached hydrogens (tertiary/aromatic N) is 2. The van der Waals surface area contributed by atoms with Gasteiger partial charge in [-0.05, 0) is 24.7 Å². The van der Waals surface area contributed by atoms with E-state index >= 15 is 0 Å². The summed E-state index contributed by atoms with van der Waals surface area (Å²) in [7, 11) is 2.16. The van der Waals surface area contributed by atoms with Gasteiger partial charge in [-0.2, -0.15) is 0 Å². The Morgan fingerprint density at radius 2 is 2.20 bits per heavy atom. The number of nitrogens with two attached hydrogens (primary N) is 1. The van der Waals surface area contributed by atoms with E-state index in [1.165, 1.54) is 11.1 Å². The third kappa shape index (κ3) is 4.56. The number of likely N-dealkylation sites (N-methyl/N-ethyl adjacent to an activating group) is 2. The van der Waals surface area contributed by atoms with Crippen molar-refractivity contribution in [3.8, 4) is 0 Å². The highest BCUT2D eigenvalue weighted by atomic mass is 16.5. The highest BCUT2D eigenvalue weighted by Gasteiger charge is 2.20. The van der Waals surface area contributed by atoms with Crippen LogP contribution < -0.4 is 5.73 Å². The summed E-state index contributed by atoms with van der Waals surface area (Å²) >= 11 is 0. The van der Waals surface area contributed by atoms with Gasteiger partial charge in [0.25, 0.3) is 0 Å². The van der Waals surface area contributed by atoms with Gasteiger partial charge in [0.05, 0.1) is 12.7 Å². The molecule has 2 rings (SSSR count). The fourth-order valence-electron chi connectivity index (χ4n) is 2.76. The minimum Gasteiger partial charge on any atom is -0.374 e. The summed E-state index contributed by atoms with van der Waals surface area (Å²) in [6, 6.07) is 8.51. The molecule has 4 nitrogen and oxygen atoms in total. The van der Waals surface area contributed by atoms with Gasteiger partial charge in [-0.15, -0.1) is 0 Å². The lowest BCUT2D eigenvalue weighted by Gasteiger charge is -2.34. The first-order valence-electron chi connectivity index (χ1n) is 7.51. The van der Waals surface area contributed by atoms with Crippen LogP contribution in [-0.4, -0.2) is 55.7 Å². The van der Waals surface area contributed by atoms with Gasteiger partial charge in [0.2, 0.25) is 0 Å². The maximum Gasteiger partial charge on any atom is 0.0829 e. The molecule has 0 bridgehead atoms. The summed E-state index contributed by atoms with van der Waals surface area (Å²) in [5.41, 5.74) is 8.20. The summed E-state index contributed by atoms with van der Waals surface area (Å²) in [4.78, 5) is 4.79. The predicted octanol–water partition coefficient (Wildman–Crippen LogP) is 1.30. The van der Waals surface area contributed by atoms with E-state index in [4.69, 9.17) is 10.5 Å². The summed E-state index contributed by atoms with van der Waals surface area (Å²) in [5.74, 6) is 0. The third-order valence-electron chi connectivity index (χ3n) is 3.87. The topological polar surface area (TPSA) is 41.7 Å². The molecule has 112 valence electrons. The quantitative estimate of drug-likeness (QED) is 0.851. The van der Waals surface area contributed by atoms with Crippen molar-refractivity contribution in [3.63, 3.8) is 0 Å². The maximum absolute atomic E-state index is 5.86. The van der Waals surface area contributed by atoms with Crippen LogP contribution in [0.15, 0.2) is 24.3 Å². The fourth-order valence-corrected chi connectivity index (χ4v) is 2.76. The summed E-state index contributed by atoms with van der Waals surface area (Å²) in [6.45, 7) is 8.82. The molecule has 0 saturated carbocycles. The molecule has 0 amide bonds. The van der Waals surface area contributed by atoms with Gasteiger partial charge < -0.3 is 10.5 Å². The van der Waals surface area contributed by atoms with Crippen LogP contribution in [0.2, 0.25) is 0 Å². The van der Waals surface area contributed by atoms with Crippen LogP contribution in [0.25, 0.3) is 0 Å². The average Bonchev–Trinajstić information content (AvgIpc) is 2.47. The van der Waals surface area contributed by atoms with E-state index in [0.717, 1.165) is 39.3 Å². The number of morpholine rings is 1. The standard InChI is InChI=1S/C16H27N3O/c1-3-19-7-8-20-16(13-19)12-18(2)11-15-6-4-5-14(9-15)10-17/h4-6,9,16H,3,7-8,10-13,17H2,1-2H3. The highest BCUT2D eigenvalue weighted by molar-refractivity contribution is 5.23. The molecular formula is C16H27N3O. The molecule has 20 heavy (non-hydrogen) atoms. The molecule has 0 radical (unpaired) electrons. The van der Waals surface area contributed by atoms with Crippen molar-refractivity contribution in [3.05, 3.63) is 35.4 Å². The molecule has 4 heteroatoms. The van der Waals surface area contributed by atoms with Crippen molar-refractivity contribution in [2.45, 2.75) is 26.1 Å². The van der Waals surface area contributed by atoms with Crippen LogP contribution in [0.1, 0.15) is 18.1 Å². The number of benzene rings is 1. The van der Waals surface area contributed by atoms with E-state index in [9.17, 15) is 0 Å². The van der Waals surface area contributed by atoms with Gasteiger partial charge >= 0.3 is 0 Å². The molecule has 1 heterocycles. The number of ether oxygens (including phenoxy) is 1. The van der Waals surface area contributed by atoms with Crippen molar-refractivity contribution >= 4 is 0 Å². The molecule has 1 aliphatic rings. The normalized spacial score (nSPS) is 20.5. The Hall–Kier alpha value is -0.940. The minimum absolute atomic E-state index is 0.325. The maximum atomic E-state index is 5.86. The van der Waals surface area contributed by atoms with Crippen molar-refractivity contribution in [1.82, 2.24) is 9.80 Å². The van der Waals surface area contributed by atoms with Crippen molar-refractivity contribution in [1.29, 1.82) is 0 Å². The fraction of sp³-hybridized carbons (Fsp3) is 0.625. The van der Waals surface area contributed by atoms with E-state index in [1.54, 1.807) is 0 Å². The Labute approximate surface area is 122 Å². The average molecular weight is 277 g/mol. The SMILES string of the molecule is CCN1CCOC(CN(C)Cc2cccc(CN)c2)C1. The van der Waals surface area contributed by atoms with E-state index in [0.29, 0.717) is 12.6 Å². The summed E-state index contributed by atoms with van der Waals surface area (Å²) in [6.07, 6.45) is 0.325. The lowest BCUT2D eigenvalue weighted by Crippen LogP contribution is -2.46. The Kier molecular flexibility index (Phi) is 5.98. The second-order valence-corrected chi connectivity index (χ2v) is 5.61. The van der Waals surface area contributed by atoms with Crippen LogP contribution in [0.5, 0.6) is 0 Å². The van der Waals surface area contributed by atoms with Gasteiger partial charge in [0.1, 0.15) is 0 Å². The molecular weight excluding hydrogens is 250 g/mol. The van der Waals surface area contributed by atoms with Gasteiger partial charge in [-0.1, -0.05) is 31.2 Å². The third-order valence-corrected chi connectivity index (χ3v) is 3.87. The van der Waals surface area contributed by atoms with Gasteiger partial charge in [-0.3, -0.25) is 9.80 Å². The lowest BCUT2D eigenvalue weighted by atomic mass is 10.1. The zero-order valence-electron chi connectivity index (χ0n) is 12.7. The highest BCUT2D eigenvalue weighted by Crippen LogP contribution is 2.10. The Balaban J connectivity index is 1.83. The predicted molar refractivity (Wildman–Crippen MR) is 82.5 cm³/mol. The van der Waals surface area contributed by atoms with Crippen molar-refractivity contribution < 1.29 is 4.74 Å². The van der Waals surface area contributed by atoms with Gasteiger partial charge in [0.15, 0.2) is 0 Å². The largest absolute Gasteiger partial charge is 0.374 e. The second kappa shape index (κ2) is 7.74. The lowest BCUT2D eigenvalue weighted by molar-refractivity contribution is -0.0397. The molecule has 0 spiro atoms. The number of hydrogen-bond acceptors (Lipinski definition) is 4. The molecule has 1 atom stereocenters. The monoisotopic (exact) mass is 277 g/mol. The van der Waals surface area contributed by atoms with Crippen LogP contribution >= 0.6 is 0 Å². The van der Waals surface area contributed by atoms with E-state index in [-0.39, 0.29) is 0 Å². The van der Waals surface area contributed by atoms with Crippen LogP contribution in [0.4, 0.5) is 0 Å². The molecule has 1 aromatic rings. The smallest absolute Gasteiger partial charge is 0.0829 e. The molecule has 0 aliphatic carbocycles. The molecule has 1 aliphatic heterocycles. The number of rotatable bonds is 6. The molecule has 1 aromatic carbocycles. The zero-order chi connectivity index (χ0) is 14.4. The van der Waals surface area contributed by atoms with Crippen molar-refractivity contribution in [2.75, 3.05) is 39.8 Å². The van der Waals surface area contributed by atoms with E-state index in [2.05, 4.69) is 48.0 Å². The van der Waals surface area contributed by atoms with E-state index in [1.807, 2.05) is 0 Å². The Bertz CT molecular complexity index is 410. The van der Waals surface area contributed by atoms with Crippen LogP contribution in [0.3, 0.4) is 0 Å². The molecule has 2 N–H and O–H groups in total. The van der Waals surface area contributed by atoms with E-state index < -0.39 is 0 Å². The summed E-state index contributed by atoms with van der Waals surface area (Å²) < 4.78 is 5.86. The first kappa shape index (κ1) is 15.4. The Morgan fingerprint density at radius 3 is 2.95 bits per heavy atom.